The lowest BCUT2D eigenvalue weighted by molar-refractivity contribution is -0.139. The molecule has 0 radical (unpaired) electrons. The first-order chi connectivity index (χ1) is 15.2. The largest absolute Gasteiger partial charge is 0.444 e. The van der Waals surface area contributed by atoms with E-state index in [1.807, 2.05) is 18.2 Å². The van der Waals surface area contributed by atoms with Crippen LogP contribution < -0.4 is 10.6 Å². The third-order valence-corrected chi connectivity index (χ3v) is 4.71. The van der Waals surface area contributed by atoms with Gasteiger partial charge in [-0.2, -0.15) is 0 Å². The molecule has 2 N–H and O–H groups in total. The molecule has 0 aliphatic carbocycles. The highest BCUT2D eigenvalue weighted by Crippen LogP contribution is 2.12. The first kappa shape index (κ1) is 25.0. The molecule has 0 saturated carbocycles. The number of aryl methyl sites for hydroxylation is 1. The van der Waals surface area contributed by atoms with Crippen LogP contribution in [0, 0.1) is 0 Å². The Balaban J connectivity index is 1.88. The first-order valence-electron chi connectivity index (χ1n) is 11.0. The number of ether oxygens (including phenoxy) is 1. The summed E-state index contributed by atoms with van der Waals surface area (Å²) in [5.41, 5.74) is 1.35. The Morgan fingerprint density at radius 3 is 2.34 bits per heavy atom. The third kappa shape index (κ3) is 9.73. The second-order valence-corrected chi connectivity index (χ2v) is 8.69. The van der Waals surface area contributed by atoms with Crippen molar-refractivity contribution in [3.8, 4) is 0 Å². The summed E-state index contributed by atoms with van der Waals surface area (Å²) in [5, 5.41) is 5.18. The fourth-order valence-corrected chi connectivity index (χ4v) is 3.15. The number of carbonyl (C=O) groups is 3. The Bertz CT molecular complexity index is 864. The van der Waals surface area contributed by atoms with Crippen molar-refractivity contribution >= 4 is 17.8 Å². The summed E-state index contributed by atoms with van der Waals surface area (Å²) < 4.78 is 5.27. The number of ketones is 1. The minimum Gasteiger partial charge on any atom is -0.444 e. The van der Waals surface area contributed by atoms with Gasteiger partial charge in [-0.3, -0.25) is 14.6 Å². The lowest BCUT2D eigenvalue weighted by atomic mass is 10.0. The Labute approximate surface area is 190 Å². The minimum atomic E-state index is -0.935. The number of hydrogen-bond acceptors (Lipinski definition) is 5. The van der Waals surface area contributed by atoms with E-state index >= 15 is 0 Å². The summed E-state index contributed by atoms with van der Waals surface area (Å²) >= 11 is 0. The van der Waals surface area contributed by atoms with E-state index in [9.17, 15) is 14.4 Å². The van der Waals surface area contributed by atoms with Crippen molar-refractivity contribution < 1.29 is 19.1 Å². The van der Waals surface area contributed by atoms with Gasteiger partial charge in [-0.1, -0.05) is 49.2 Å². The maximum Gasteiger partial charge on any atom is 0.408 e. The van der Waals surface area contributed by atoms with Gasteiger partial charge in [-0.15, -0.1) is 0 Å². The summed E-state index contributed by atoms with van der Waals surface area (Å²) in [7, 11) is 0. The molecule has 0 fully saturated rings. The molecule has 0 bridgehead atoms. The van der Waals surface area contributed by atoms with Crippen LogP contribution in [0.15, 0.2) is 54.9 Å². The predicted molar refractivity (Wildman–Crippen MR) is 123 cm³/mol. The van der Waals surface area contributed by atoms with E-state index in [0.717, 1.165) is 24.8 Å². The molecule has 172 valence electrons. The van der Waals surface area contributed by atoms with E-state index in [0.29, 0.717) is 12.8 Å². The number of benzene rings is 1. The van der Waals surface area contributed by atoms with Crippen LogP contribution in [0.25, 0.3) is 0 Å². The number of Topliss-reactive ketones (excluding diaryl/α,β-unsaturated/α-hetero) is 1. The normalized spacial score (nSPS) is 12.0. The number of aromatic nitrogens is 1. The molecule has 2 amide bonds. The molecule has 0 saturated heterocycles. The molecule has 7 heteroatoms. The number of amides is 2. The molecule has 0 spiro atoms. The SMILES string of the molecule is CC(C)(C)OC(=O)N[C@@H](CCCCCc1ccccc1)C(=O)C(=O)NCc1cccnc1. The second kappa shape index (κ2) is 12.6. The van der Waals surface area contributed by atoms with Crippen LogP contribution in [-0.2, 0) is 27.3 Å². The van der Waals surface area contributed by atoms with Gasteiger partial charge >= 0.3 is 6.09 Å². The molecule has 0 unspecified atom stereocenters. The highest BCUT2D eigenvalue weighted by atomic mass is 16.6. The Morgan fingerprint density at radius 2 is 1.69 bits per heavy atom. The zero-order valence-corrected chi connectivity index (χ0v) is 19.1. The average Bonchev–Trinajstić information content (AvgIpc) is 2.76. The van der Waals surface area contributed by atoms with E-state index < -0.39 is 29.4 Å². The number of alkyl carbamates (subject to hydrolysis) is 1. The van der Waals surface area contributed by atoms with Crippen LogP contribution in [0.4, 0.5) is 4.79 Å². The zero-order valence-electron chi connectivity index (χ0n) is 19.1. The van der Waals surface area contributed by atoms with Gasteiger partial charge in [-0.25, -0.2) is 4.79 Å². The molecule has 1 atom stereocenters. The predicted octanol–water partition coefficient (Wildman–Crippen LogP) is 3.96. The Hall–Kier alpha value is -3.22. The second-order valence-electron chi connectivity index (χ2n) is 8.69. The van der Waals surface area contributed by atoms with Gasteiger partial charge in [0.15, 0.2) is 0 Å². The van der Waals surface area contributed by atoms with Crippen LogP contribution in [0.5, 0.6) is 0 Å². The molecule has 32 heavy (non-hydrogen) atoms. The molecular formula is C25H33N3O4. The van der Waals surface area contributed by atoms with Crippen LogP contribution >= 0.6 is 0 Å². The number of hydrogen-bond donors (Lipinski definition) is 2. The first-order valence-corrected chi connectivity index (χ1v) is 11.0. The Morgan fingerprint density at radius 1 is 0.969 bits per heavy atom. The highest BCUT2D eigenvalue weighted by molar-refractivity contribution is 6.38. The van der Waals surface area contributed by atoms with Gasteiger partial charge < -0.3 is 15.4 Å². The smallest absolute Gasteiger partial charge is 0.408 e. The van der Waals surface area contributed by atoms with Gasteiger partial charge in [0, 0.05) is 18.9 Å². The number of pyridine rings is 1. The number of nitrogens with one attached hydrogen (secondary N) is 2. The number of carbonyl (C=O) groups excluding carboxylic acids is 3. The maximum absolute atomic E-state index is 12.8. The van der Waals surface area contributed by atoms with Crippen molar-refractivity contribution in [2.45, 2.75) is 71.1 Å². The zero-order chi connectivity index (χ0) is 23.4. The molecule has 2 aromatic rings. The van der Waals surface area contributed by atoms with Crippen LogP contribution in [-0.4, -0.2) is 34.4 Å². The summed E-state index contributed by atoms with van der Waals surface area (Å²) in [6.07, 6.45) is 6.41. The van der Waals surface area contributed by atoms with E-state index in [2.05, 4.69) is 27.8 Å². The molecule has 1 aromatic carbocycles. The number of nitrogens with zero attached hydrogens (tertiary/aromatic N) is 1. The molecule has 7 nitrogen and oxygen atoms in total. The summed E-state index contributed by atoms with van der Waals surface area (Å²) in [6, 6.07) is 12.8. The lowest BCUT2D eigenvalue weighted by Crippen LogP contribution is -2.48. The lowest BCUT2D eigenvalue weighted by Gasteiger charge is -2.23. The van der Waals surface area contributed by atoms with Gasteiger partial charge in [-0.05, 0) is 57.2 Å². The summed E-state index contributed by atoms with van der Waals surface area (Å²) in [5.74, 6) is -1.41. The van der Waals surface area contributed by atoms with E-state index in [1.54, 1.807) is 45.3 Å². The molecule has 1 heterocycles. The number of rotatable bonds is 11. The van der Waals surface area contributed by atoms with Gasteiger partial charge in [0.25, 0.3) is 5.91 Å². The minimum absolute atomic E-state index is 0.189. The van der Waals surface area contributed by atoms with Crippen molar-refractivity contribution in [2.75, 3.05) is 0 Å². The highest BCUT2D eigenvalue weighted by Gasteiger charge is 2.28. The molecule has 0 aliphatic heterocycles. The molecule has 1 aromatic heterocycles. The average molecular weight is 440 g/mol. The van der Waals surface area contributed by atoms with Crippen LogP contribution in [0.3, 0.4) is 0 Å². The topological polar surface area (TPSA) is 97.4 Å². The standard InChI is InChI=1S/C25H33N3O4/c1-25(2,3)32-24(31)28-21(15-9-5-8-13-19-11-6-4-7-12-19)22(29)23(30)27-18-20-14-10-16-26-17-20/h4,6-7,10-12,14,16-17,21H,5,8-9,13,15,18H2,1-3H3,(H,27,30)(H,28,31)/t21-/m0/s1. The van der Waals surface area contributed by atoms with E-state index in [4.69, 9.17) is 4.74 Å². The van der Waals surface area contributed by atoms with Gasteiger partial charge in [0.1, 0.15) is 11.6 Å². The molecular weight excluding hydrogens is 406 g/mol. The quantitative estimate of drug-likeness (QED) is 0.408. The maximum atomic E-state index is 12.8. The van der Waals surface area contributed by atoms with Gasteiger partial charge in [0.2, 0.25) is 5.78 Å². The molecule has 0 aliphatic rings. The third-order valence-electron chi connectivity index (χ3n) is 4.71. The van der Waals surface area contributed by atoms with Crippen molar-refractivity contribution in [3.63, 3.8) is 0 Å². The summed E-state index contributed by atoms with van der Waals surface area (Å²) in [6.45, 7) is 5.42. The summed E-state index contributed by atoms with van der Waals surface area (Å²) in [4.78, 5) is 41.4. The Kier molecular flexibility index (Phi) is 9.85. The van der Waals surface area contributed by atoms with Crippen LogP contribution in [0.1, 0.15) is 57.6 Å². The van der Waals surface area contributed by atoms with Crippen molar-refractivity contribution in [1.29, 1.82) is 0 Å². The van der Waals surface area contributed by atoms with Crippen molar-refractivity contribution in [2.24, 2.45) is 0 Å². The molecule has 2 rings (SSSR count). The van der Waals surface area contributed by atoms with Gasteiger partial charge in [0.05, 0.1) is 0 Å². The fourth-order valence-electron chi connectivity index (χ4n) is 3.15. The monoisotopic (exact) mass is 439 g/mol. The van der Waals surface area contributed by atoms with E-state index in [-0.39, 0.29) is 6.54 Å². The number of unbranched alkanes of at least 4 members (excludes halogenated alkanes) is 2. The van der Waals surface area contributed by atoms with Crippen molar-refractivity contribution in [3.05, 3.63) is 66.0 Å². The van der Waals surface area contributed by atoms with Crippen LogP contribution in [0.2, 0.25) is 0 Å². The van der Waals surface area contributed by atoms with Crippen molar-refractivity contribution in [1.82, 2.24) is 15.6 Å². The fraction of sp³-hybridized carbons (Fsp3) is 0.440. The van der Waals surface area contributed by atoms with E-state index in [1.165, 1.54) is 5.56 Å².